The summed E-state index contributed by atoms with van der Waals surface area (Å²) in [6, 6.07) is 3.82. The molecule has 0 aliphatic carbocycles. The molecule has 1 aromatic rings. The van der Waals surface area contributed by atoms with E-state index in [1.54, 1.807) is 12.4 Å². The summed E-state index contributed by atoms with van der Waals surface area (Å²) < 4.78 is 0. The largest absolute Gasteiger partial charge is 0.299 e. The van der Waals surface area contributed by atoms with Crippen LogP contribution in [0.25, 0.3) is 0 Å². The molecule has 0 aliphatic heterocycles. The Kier molecular flexibility index (Phi) is 4.90. The molecule has 1 rings (SSSR count). The van der Waals surface area contributed by atoms with Crippen molar-refractivity contribution in [3.63, 3.8) is 0 Å². The summed E-state index contributed by atoms with van der Waals surface area (Å²) in [7, 11) is 0. The number of pyridine rings is 1. The number of hydrogen-bond acceptors (Lipinski definition) is 2. The maximum Gasteiger partial charge on any atom is 0.137 e. The number of carbonyl (C=O) groups excluding carboxylic acids is 1. The lowest BCUT2D eigenvalue weighted by Gasteiger charge is -1.99. The summed E-state index contributed by atoms with van der Waals surface area (Å²) >= 11 is 0. The average molecular weight is 191 g/mol. The lowest BCUT2D eigenvalue weighted by atomic mass is 10.1. The van der Waals surface area contributed by atoms with Crippen LogP contribution in [0.4, 0.5) is 0 Å². The molecule has 2 nitrogen and oxygen atoms in total. The van der Waals surface area contributed by atoms with E-state index in [2.05, 4.69) is 11.9 Å². The molecule has 0 radical (unpaired) electrons. The molecule has 1 aromatic heterocycles. The predicted molar refractivity (Wildman–Crippen MR) is 57.1 cm³/mol. The Bertz CT molecular complexity index is 269. The lowest BCUT2D eigenvalue weighted by molar-refractivity contribution is -0.118. The third-order valence-electron chi connectivity index (χ3n) is 2.18. The fourth-order valence-corrected chi connectivity index (χ4v) is 1.39. The van der Waals surface area contributed by atoms with Gasteiger partial charge in [0.15, 0.2) is 0 Å². The zero-order chi connectivity index (χ0) is 10.2. The highest BCUT2D eigenvalue weighted by molar-refractivity contribution is 5.80. The lowest BCUT2D eigenvalue weighted by Crippen LogP contribution is -2.02. The van der Waals surface area contributed by atoms with Crippen molar-refractivity contribution in [2.75, 3.05) is 0 Å². The number of hydrogen-bond donors (Lipinski definition) is 0. The molecule has 0 aromatic carbocycles. The van der Waals surface area contributed by atoms with Gasteiger partial charge < -0.3 is 0 Å². The van der Waals surface area contributed by atoms with Crippen LogP contribution < -0.4 is 0 Å². The molecule has 2 heteroatoms. The summed E-state index contributed by atoms with van der Waals surface area (Å²) in [5.41, 5.74) is 1.02. The molecule has 0 amide bonds. The topological polar surface area (TPSA) is 30.0 Å². The molecule has 0 saturated carbocycles. The van der Waals surface area contributed by atoms with Gasteiger partial charge >= 0.3 is 0 Å². The van der Waals surface area contributed by atoms with Crippen LogP contribution in [-0.2, 0) is 11.2 Å². The molecule has 0 saturated heterocycles. The van der Waals surface area contributed by atoms with Gasteiger partial charge in [-0.2, -0.15) is 0 Å². The Balaban J connectivity index is 2.27. The number of ketones is 1. The van der Waals surface area contributed by atoms with Gasteiger partial charge in [0.2, 0.25) is 0 Å². The van der Waals surface area contributed by atoms with E-state index in [4.69, 9.17) is 0 Å². The molecule has 1 heterocycles. The Hall–Kier alpha value is -1.18. The fourth-order valence-electron chi connectivity index (χ4n) is 1.39. The molecule has 14 heavy (non-hydrogen) atoms. The Morgan fingerprint density at radius 2 is 2.29 bits per heavy atom. The van der Waals surface area contributed by atoms with Crippen LogP contribution in [-0.4, -0.2) is 10.8 Å². The zero-order valence-corrected chi connectivity index (χ0v) is 8.70. The SMILES string of the molecule is CCCCCC(=O)Cc1cccnc1. The second kappa shape index (κ2) is 6.30. The van der Waals surface area contributed by atoms with E-state index >= 15 is 0 Å². The van der Waals surface area contributed by atoms with Crippen molar-refractivity contribution in [1.29, 1.82) is 0 Å². The monoisotopic (exact) mass is 191 g/mol. The normalized spacial score (nSPS) is 10.1. The highest BCUT2D eigenvalue weighted by atomic mass is 16.1. The fraction of sp³-hybridized carbons (Fsp3) is 0.500. The van der Waals surface area contributed by atoms with Gasteiger partial charge in [0.05, 0.1) is 0 Å². The number of aromatic nitrogens is 1. The first-order valence-electron chi connectivity index (χ1n) is 5.23. The van der Waals surface area contributed by atoms with Crippen molar-refractivity contribution < 1.29 is 4.79 Å². The molecule has 0 fully saturated rings. The van der Waals surface area contributed by atoms with Crippen molar-refractivity contribution in [1.82, 2.24) is 4.98 Å². The van der Waals surface area contributed by atoms with Gasteiger partial charge in [0.1, 0.15) is 5.78 Å². The van der Waals surface area contributed by atoms with Crippen LogP contribution in [0.5, 0.6) is 0 Å². The third kappa shape index (κ3) is 4.17. The van der Waals surface area contributed by atoms with Crippen molar-refractivity contribution in [3.8, 4) is 0 Å². The first-order valence-corrected chi connectivity index (χ1v) is 5.23. The Morgan fingerprint density at radius 1 is 1.43 bits per heavy atom. The van der Waals surface area contributed by atoms with Gasteiger partial charge in [-0.25, -0.2) is 0 Å². The molecule has 0 bridgehead atoms. The maximum atomic E-state index is 11.5. The Morgan fingerprint density at radius 3 is 2.93 bits per heavy atom. The van der Waals surface area contributed by atoms with Crippen LogP contribution >= 0.6 is 0 Å². The second-order valence-corrected chi connectivity index (χ2v) is 3.53. The van der Waals surface area contributed by atoms with Crippen LogP contribution in [0.1, 0.15) is 38.2 Å². The quantitative estimate of drug-likeness (QED) is 0.647. The zero-order valence-electron chi connectivity index (χ0n) is 8.70. The summed E-state index contributed by atoms with van der Waals surface area (Å²) in [6.07, 6.45) is 8.08. The van der Waals surface area contributed by atoms with Crippen molar-refractivity contribution in [2.24, 2.45) is 0 Å². The minimum atomic E-state index is 0.325. The van der Waals surface area contributed by atoms with Gasteiger partial charge in [-0.15, -0.1) is 0 Å². The van der Waals surface area contributed by atoms with Gasteiger partial charge in [0, 0.05) is 25.2 Å². The highest BCUT2D eigenvalue weighted by Gasteiger charge is 2.02. The Labute approximate surface area is 85.4 Å². The third-order valence-corrected chi connectivity index (χ3v) is 2.18. The van der Waals surface area contributed by atoms with E-state index in [-0.39, 0.29) is 0 Å². The van der Waals surface area contributed by atoms with E-state index in [1.165, 1.54) is 6.42 Å². The van der Waals surface area contributed by atoms with Crippen LogP contribution in [0.15, 0.2) is 24.5 Å². The smallest absolute Gasteiger partial charge is 0.137 e. The highest BCUT2D eigenvalue weighted by Crippen LogP contribution is 2.04. The first kappa shape index (κ1) is 10.9. The molecule has 76 valence electrons. The second-order valence-electron chi connectivity index (χ2n) is 3.53. The summed E-state index contributed by atoms with van der Waals surface area (Å²) in [6.45, 7) is 2.14. The maximum absolute atomic E-state index is 11.5. The van der Waals surface area contributed by atoms with Crippen molar-refractivity contribution in [2.45, 2.75) is 39.0 Å². The van der Waals surface area contributed by atoms with E-state index in [1.807, 2.05) is 12.1 Å². The molecule has 0 aliphatic rings. The number of rotatable bonds is 6. The minimum absolute atomic E-state index is 0.325. The van der Waals surface area contributed by atoms with Crippen LogP contribution in [0, 0.1) is 0 Å². The predicted octanol–water partition coefficient (Wildman–Crippen LogP) is 2.77. The summed E-state index contributed by atoms with van der Waals surface area (Å²) in [4.78, 5) is 15.4. The standard InChI is InChI=1S/C12H17NO/c1-2-3-4-7-12(14)9-11-6-5-8-13-10-11/h5-6,8,10H,2-4,7,9H2,1H3. The summed E-state index contributed by atoms with van der Waals surface area (Å²) in [5.74, 6) is 0.325. The van der Waals surface area contributed by atoms with Crippen LogP contribution in [0.2, 0.25) is 0 Å². The average Bonchev–Trinajstić information content (AvgIpc) is 2.20. The number of unbranched alkanes of at least 4 members (excludes halogenated alkanes) is 2. The van der Waals surface area contributed by atoms with Crippen molar-refractivity contribution >= 4 is 5.78 Å². The molecule has 0 spiro atoms. The van der Waals surface area contributed by atoms with E-state index in [9.17, 15) is 4.79 Å². The van der Waals surface area contributed by atoms with Gasteiger partial charge in [-0.1, -0.05) is 25.8 Å². The number of nitrogens with zero attached hydrogens (tertiary/aromatic N) is 1. The molecular formula is C12H17NO. The van der Waals surface area contributed by atoms with Crippen molar-refractivity contribution in [3.05, 3.63) is 30.1 Å². The van der Waals surface area contributed by atoms with Gasteiger partial charge in [0.25, 0.3) is 0 Å². The summed E-state index contributed by atoms with van der Waals surface area (Å²) in [5, 5.41) is 0. The molecule has 0 N–H and O–H groups in total. The van der Waals surface area contributed by atoms with E-state index < -0.39 is 0 Å². The minimum Gasteiger partial charge on any atom is -0.299 e. The molecule has 0 atom stereocenters. The van der Waals surface area contributed by atoms with E-state index in [0.717, 1.165) is 18.4 Å². The van der Waals surface area contributed by atoms with E-state index in [0.29, 0.717) is 18.6 Å². The van der Waals surface area contributed by atoms with Crippen LogP contribution in [0.3, 0.4) is 0 Å². The van der Waals surface area contributed by atoms with Gasteiger partial charge in [-0.05, 0) is 18.1 Å². The molecule has 0 unspecified atom stereocenters. The number of Topliss-reactive ketones (excluding diaryl/α,β-unsaturated/α-hetero) is 1. The number of carbonyl (C=O) groups is 1. The first-order chi connectivity index (χ1) is 6.83. The molecular weight excluding hydrogens is 174 g/mol. The van der Waals surface area contributed by atoms with Gasteiger partial charge in [-0.3, -0.25) is 9.78 Å².